The summed E-state index contributed by atoms with van der Waals surface area (Å²) in [6.07, 6.45) is 9.53. The summed E-state index contributed by atoms with van der Waals surface area (Å²) in [5.74, 6) is -0.0757. The first-order chi connectivity index (χ1) is 8.76. The van der Waals surface area contributed by atoms with E-state index in [9.17, 15) is 4.79 Å². The van der Waals surface area contributed by atoms with Crippen LogP contribution in [0.25, 0.3) is 0 Å². The van der Waals surface area contributed by atoms with Gasteiger partial charge in [0.15, 0.2) is 0 Å². The fraction of sp³-hybridized carbons (Fsp3) is 0.438. The molecule has 0 aromatic heterocycles. The molecule has 1 amide bonds. The number of hydrogen-bond acceptors (Lipinski definition) is 1. The van der Waals surface area contributed by atoms with Gasteiger partial charge in [-0.15, -0.1) is 0 Å². The lowest BCUT2D eigenvalue weighted by Gasteiger charge is -2.04. The minimum atomic E-state index is -0.0757. The van der Waals surface area contributed by atoms with Crippen molar-refractivity contribution in [1.82, 2.24) is 0 Å². The average Bonchev–Trinajstić information content (AvgIpc) is 2.37. The molecule has 0 bridgehead atoms. The van der Waals surface area contributed by atoms with Crippen LogP contribution in [-0.2, 0) is 11.2 Å². The number of unbranched alkanes of at least 4 members (excludes halogenated alkanes) is 3. The van der Waals surface area contributed by atoms with E-state index in [0.717, 1.165) is 12.1 Å². The van der Waals surface area contributed by atoms with Crippen molar-refractivity contribution in [3.63, 3.8) is 0 Å². The summed E-state index contributed by atoms with van der Waals surface area (Å²) in [5, 5.41) is 2.82. The summed E-state index contributed by atoms with van der Waals surface area (Å²) in [4.78, 5) is 11.3. The molecule has 0 radical (unpaired) electrons. The van der Waals surface area contributed by atoms with E-state index in [4.69, 9.17) is 0 Å². The van der Waals surface area contributed by atoms with Gasteiger partial charge >= 0.3 is 0 Å². The number of allylic oxidation sites excluding steroid dienone is 1. The number of aryl methyl sites for hydroxylation is 1. The van der Waals surface area contributed by atoms with Gasteiger partial charge in [0, 0.05) is 5.69 Å². The first-order valence-electron chi connectivity index (χ1n) is 6.79. The molecule has 0 aliphatic rings. The Morgan fingerprint density at radius 1 is 1.17 bits per heavy atom. The molecule has 1 aromatic rings. The molecular formula is C16H23NO. The van der Waals surface area contributed by atoms with Crippen LogP contribution in [0.3, 0.4) is 0 Å². The standard InChI is InChI=1S/C16H23NO/c1-3-5-6-7-9-14-10-12-15(13-11-14)17-16(18)8-4-2/h4,8,10-13H,3,5-7,9H2,1-2H3,(H,17,18)/b8-4+. The molecular weight excluding hydrogens is 222 g/mol. The maximum atomic E-state index is 11.3. The van der Waals surface area contributed by atoms with Crippen LogP contribution in [0.1, 0.15) is 45.1 Å². The van der Waals surface area contributed by atoms with Crippen molar-refractivity contribution in [3.05, 3.63) is 42.0 Å². The van der Waals surface area contributed by atoms with Gasteiger partial charge < -0.3 is 5.32 Å². The second kappa shape index (κ2) is 8.51. The molecule has 2 heteroatoms. The normalized spacial score (nSPS) is 10.8. The monoisotopic (exact) mass is 245 g/mol. The molecule has 0 aliphatic carbocycles. The predicted octanol–water partition coefficient (Wildman–Crippen LogP) is 4.32. The maximum absolute atomic E-state index is 11.3. The number of rotatable bonds is 7. The number of anilines is 1. The smallest absolute Gasteiger partial charge is 0.248 e. The van der Waals surface area contributed by atoms with Gasteiger partial charge in [-0.3, -0.25) is 4.79 Å². The lowest BCUT2D eigenvalue weighted by molar-refractivity contribution is -0.111. The molecule has 0 spiro atoms. The fourth-order valence-electron chi connectivity index (χ4n) is 1.85. The molecule has 0 heterocycles. The van der Waals surface area contributed by atoms with Crippen LogP contribution in [0.5, 0.6) is 0 Å². The number of nitrogens with one attached hydrogen (secondary N) is 1. The van der Waals surface area contributed by atoms with E-state index in [0.29, 0.717) is 0 Å². The molecule has 0 aliphatic heterocycles. The number of carbonyl (C=O) groups excluding carboxylic acids is 1. The molecule has 0 unspecified atom stereocenters. The SMILES string of the molecule is C/C=C/C(=O)Nc1ccc(CCCCCC)cc1. The van der Waals surface area contributed by atoms with E-state index in [1.165, 1.54) is 37.3 Å². The summed E-state index contributed by atoms with van der Waals surface area (Å²) in [6, 6.07) is 8.13. The van der Waals surface area contributed by atoms with Crippen molar-refractivity contribution in [3.8, 4) is 0 Å². The van der Waals surface area contributed by atoms with E-state index < -0.39 is 0 Å². The minimum absolute atomic E-state index is 0.0757. The highest BCUT2D eigenvalue weighted by Gasteiger charge is 1.98. The van der Waals surface area contributed by atoms with Crippen molar-refractivity contribution >= 4 is 11.6 Å². The molecule has 0 fully saturated rings. The Morgan fingerprint density at radius 3 is 2.50 bits per heavy atom. The first kappa shape index (κ1) is 14.5. The van der Waals surface area contributed by atoms with Crippen molar-refractivity contribution in [2.75, 3.05) is 5.32 Å². The topological polar surface area (TPSA) is 29.1 Å². The van der Waals surface area contributed by atoms with Crippen LogP contribution in [0.15, 0.2) is 36.4 Å². The minimum Gasteiger partial charge on any atom is -0.323 e. The molecule has 18 heavy (non-hydrogen) atoms. The summed E-state index contributed by atoms with van der Waals surface area (Å²) < 4.78 is 0. The number of hydrogen-bond donors (Lipinski definition) is 1. The van der Waals surface area contributed by atoms with Crippen LogP contribution in [0.4, 0.5) is 5.69 Å². The van der Waals surface area contributed by atoms with E-state index >= 15 is 0 Å². The van der Waals surface area contributed by atoms with Gasteiger partial charge in [0.2, 0.25) is 5.91 Å². The van der Waals surface area contributed by atoms with Crippen LogP contribution in [-0.4, -0.2) is 5.91 Å². The highest BCUT2D eigenvalue weighted by atomic mass is 16.1. The van der Waals surface area contributed by atoms with Crippen molar-refractivity contribution in [2.24, 2.45) is 0 Å². The van der Waals surface area contributed by atoms with E-state index in [2.05, 4.69) is 24.4 Å². The molecule has 0 saturated heterocycles. The van der Waals surface area contributed by atoms with Gasteiger partial charge in [0.1, 0.15) is 0 Å². The summed E-state index contributed by atoms with van der Waals surface area (Å²) in [6.45, 7) is 4.06. The zero-order valence-electron chi connectivity index (χ0n) is 11.4. The highest BCUT2D eigenvalue weighted by molar-refractivity contribution is 5.99. The third-order valence-corrected chi connectivity index (χ3v) is 2.86. The van der Waals surface area contributed by atoms with Gasteiger partial charge in [0.05, 0.1) is 0 Å². The van der Waals surface area contributed by atoms with Gasteiger partial charge in [-0.1, -0.05) is 44.4 Å². The van der Waals surface area contributed by atoms with Crippen molar-refractivity contribution < 1.29 is 4.79 Å². The number of amides is 1. The third-order valence-electron chi connectivity index (χ3n) is 2.86. The Balaban J connectivity index is 2.40. The fourth-order valence-corrected chi connectivity index (χ4v) is 1.85. The highest BCUT2D eigenvalue weighted by Crippen LogP contribution is 2.12. The molecule has 1 aromatic carbocycles. The largest absolute Gasteiger partial charge is 0.323 e. The second-order valence-electron chi connectivity index (χ2n) is 4.50. The summed E-state index contributed by atoms with van der Waals surface area (Å²) >= 11 is 0. The van der Waals surface area contributed by atoms with E-state index in [1.807, 2.05) is 19.1 Å². The zero-order valence-corrected chi connectivity index (χ0v) is 11.4. The Hall–Kier alpha value is -1.57. The Labute approximate surface area is 110 Å². The number of carbonyl (C=O) groups is 1. The van der Waals surface area contributed by atoms with E-state index in [-0.39, 0.29) is 5.91 Å². The van der Waals surface area contributed by atoms with Gasteiger partial charge in [-0.05, 0) is 43.5 Å². The van der Waals surface area contributed by atoms with Gasteiger partial charge in [-0.2, -0.15) is 0 Å². The number of benzene rings is 1. The van der Waals surface area contributed by atoms with Crippen molar-refractivity contribution in [2.45, 2.75) is 46.0 Å². The summed E-state index contributed by atoms with van der Waals surface area (Å²) in [5.41, 5.74) is 2.20. The third kappa shape index (κ3) is 5.67. The van der Waals surface area contributed by atoms with Crippen LogP contribution in [0.2, 0.25) is 0 Å². The van der Waals surface area contributed by atoms with Crippen LogP contribution in [0, 0.1) is 0 Å². The Bertz CT molecular complexity index is 379. The van der Waals surface area contributed by atoms with E-state index in [1.54, 1.807) is 6.08 Å². The zero-order chi connectivity index (χ0) is 13.2. The predicted molar refractivity (Wildman–Crippen MR) is 77.7 cm³/mol. The lowest BCUT2D eigenvalue weighted by atomic mass is 10.1. The Kier molecular flexibility index (Phi) is 6.85. The average molecular weight is 245 g/mol. The molecule has 98 valence electrons. The quantitative estimate of drug-likeness (QED) is 0.562. The molecule has 2 nitrogen and oxygen atoms in total. The van der Waals surface area contributed by atoms with Gasteiger partial charge in [-0.25, -0.2) is 0 Å². The lowest BCUT2D eigenvalue weighted by Crippen LogP contribution is -2.07. The summed E-state index contributed by atoms with van der Waals surface area (Å²) in [7, 11) is 0. The van der Waals surface area contributed by atoms with Gasteiger partial charge in [0.25, 0.3) is 0 Å². The van der Waals surface area contributed by atoms with Crippen LogP contribution < -0.4 is 5.32 Å². The second-order valence-corrected chi connectivity index (χ2v) is 4.50. The Morgan fingerprint density at radius 2 is 1.89 bits per heavy atom. The molecule has 0 saturated carbocycles. The first-order valence-corrected chi connectivity index (χ1v) is 6.79. The maximum Gasteiger partial charge on any atom is 0.248 e. The molecule has 0 atom stereocenters. The molecule has 1 rings (SSSR count). The molecule has 1 N–H and O–H groups in total. The van der Waals surface area contributed by atoms with Crippen molar-refractivity contribution in [1.29, 1.82) is 0 Å². The van der Waals surface area contributed by atoms with Crippen LogP contribution >= 0.6 is 0 Å².